The third kappa shape index (κ3) is 2.71. The number of hydrogen-bond acceptors (Lipinski definition) is 5. The topological polar surface area (TPSA) is 67.6 Å². The van der Waals surface area contributed by atoms with Gasteiger partial charge in [0.25, 0.3) is 5.69 Å². The van der Waals surface area contributed by atoms with Gasteiger partial charge in [0.15, 0.2) is 11.6 Å². The number of nitro groups is 1. The van der Waals surface area contributed by atoms with E-state index in [1.54, 1.807) is 5.01 Å². The van der Waals surface area contributed by atoms with Gasteiger partial charge in [0.05, 0.1) is 30.3 Å². The number of nitro benzene ring substituents is 1. The van der Waals surface area contributed by atoms with Gasteiger partial charge in [-0.2, -0.15) is 0 Å². The lowest BCUT2D eigenvalue weighted by molar-refractivity contribution is -0.385. The third-order valence-corrected chi connectivity index (χ3v) is 2.52. The van der Waals surface area contributed by atoms with Crippen LogP contribution in [0, 0.1) is 21.7 Å². The van der Waals surface area contributed by atoms with Crippen molar-refractivity contribution in [3.8, 4) is 0 Å². The lowest BCUT2D eigenvalue weighted by Gasteiger charge is -2.28. The molecule has 1 fully saturated rings. The summed E-state index contributed by atoms with van der Waals surface area (Å²) in [5.41, 5.74) is 1.56. The van der Waals surface area contributed by atoms with E-state index in [4.69, 9.17) is 4.74 Å². The van der Waals surface area contributed by atoms with Crippen LogP contribution in [-0.2, 0) is 4.74 Å². The number of hydrazine groups is 1. The standard InChI is InChI=1S/C10H11F2N3O3/c11-8-5-7(15(16)17)6-9(12)10(8)13-14-1-3-18-4-2-14/h5-6,13H,1-4H2. The Morgan fingerprint density at radius 3 is 2.33 bits per heavy atom. The van der Waals surface area contributed by atoms with Crippen molar-refractivity contribution >= 4 is 11.4 Å². The molecule has 1 N–H and O–H groups in total. The molecular formula is C10H11F2N3O3. The monoisotopic (exact) mass is 259 g/mol. The molecule has 0 atom stereocenters. The second-order valence-electron chi connectivity index (χ2n) is 3.75. The summed E-state index contributed by atoms with van der Waals surface area (Å²) in [5, 5.41) is 12.0. The molecule has 18 heavy (non-hydrogen) atoms. The number of anilines is 1. The zero-order valence-electron chi connectivity index (χ0n) is 9.36. The lowest BCUT2D eigenvalue weighted by atomic mass is 10.2. The summed E-state index contributed by atoms with van der Waals surface area (Å²) in [6, 6.07) is 1.37. The van der Waals surface area contributed by atoms with Gasteiger partial charge in [-0.05, 0) is 0 Å². The molecule has 1 heterocycles. The fraction of sp³-hybridized carbons (Fsp3) is 0.400. The maximum atomic E-state index is 13.6. The Balaban J connectivity index is 2.19. The fourth-order valence-corrected chi connectivity index (χ4v) is 1.61. The van der Waals surface area contributed by atoms with Crippen LogP contribution >= 0.6 is 0 Å². The van der Waals surface area contributed by atoms with Gasteiger partial charge in [0.2, 0.25) is 0 Å². The van der Waals surface area contributed by atoms with Crippen LogP contribution in [0.3, 0.4) is 0 Å². The first-order valence-electron chi connectivity index (χ1n) is 5.30. The van der Waals surface area contributed by atoms with E-state index in [1.807, 2.05) is 0 Å². The van der Waals surface area contributed by atoms with Crippen LogP contribution in [0.1, 0.15) is 0 Å². The number of benzene rings is 1. The molecule has 0 unspecified atom stereocenters. The van der Waals surface area contributed by atoms with Gasteiger partial charge >= 0.3 is 0 Å². The van der Waals surface area contributed by atoms with Crippen LogP contribution in [0.4, 0.5) is 20.2 Å². The van der Waals surface area contributed by atoms with Gasteiger partial charge in [-0.3, -0.25) is 10.1 Å². The minimum Gasteiger partial charge on any atom is -0.379 e. The predicted molar refractivity (Wildman–Crippen MR) is 59.0 cm³/mol. The van der Waals surface area contributed by atoms with Gasteiger partial charge in [-0.25, -0.2) is 13.8 Å². The molecule has 0 saturated carbocycles. The molecule has 0 aromatic heterocycles. The molecule has 1 saturated heterocycles. The van der Waals surface area contributed by atoms with Crippen molar-refractivity contribution in [2.24, 2.45) is 0 Å². The van der Waals surface area contributed by atoms with Crippen molar-refractivity contribution in [3.05, 3.63) is 33.9 Å². The summed E-state index contributed by atoms with van der Waals surface area (Å²) in [4.78, 5) is 9.59. The van der Waals surface area contributed by atoms with Crippen LogP contribution in [0.2, 0.25) is 0 Å². The lowest BCUT2D eigenvalue weighted by Crippen LogP contribution is -2.40. The zero-order valence-corrected chi connectivity index (χ0v) is 9.36. The summed E-state index contributed by atoms with van der Waals surface area (Å²) in [6.45, 7) is 1.89. The highest BCUT2D eigenvalue weighted by Gasteiger charge is 2.19. The summed E-state index contributed by atoms with van der Waals surface area (Å²) in [5.74, 6) is -1.98. The molecule has 0 aliphatic carbocycles. The predicted octanol–water partition coefficient (Wildman–Crippen LogP) is 1.53. The van der Waals surface area contributed by atoms with E-state index in [1.165, 1.54) is 0 Å². The van der Waals surface area contributed by atoms with E-state index in [0.717, 1.165) is 0 Å². The average Bonchev–Trinajstić information content (AvgIpc) is 2.34. The van der Waals surface area contributed by atoms with Crippen molar-refractivity contribution in [1.82, 2.24) is 5.01 Å². The van der Waals surface area contributed by atoms with Crippen molar-refractivity contribution in [2.75, 3.05) is 31.7 Å². The van der Waals surface area contributed by atoms with Crippen LogP contribution in [0.15, 0.2) is 12.1 Å². The first-order chi connectivity index (χ1) is 8.58. The minimum absolute atomic E-state index is 0.387. The smallest absolute Gasteiger partial charge is 0.275 e. The van der Waals surface area contributed by atoms with Crippen molar-refractivity contribution in [2.45, 2.75) is 0 Å². The number of nitrogens with one attached hydrogen (secondary N) is 1. The molecule has 0 bridgehead atoms. The number of nitrogens with zero attached hydrogens (tertiary/aromatic N) is 2. The van der Waals surface area contributed by atoms with E-state index in [-0.39, 0.29) is 5.69 Å². The maximum Gasteiger partial charge on any atom is 0.275 e. The Kier molecular flexibility index (Phi) is 3.68. The largest absolute Gasteiger partial charge is 0.379 e. The summed E-state index contributed by atoms with van der Waals surface area (Å²) >= 11 is 0. The normalized spacial score (nSPS) is 16.6. The van der Waals surface area contributed by atoms with Crippen LogP contribution in [-0.4, -0.2) is 36.2 Å². The van der Waals surface area contributed by atoms with E-state index in [2.05, 4.69) is 5.43 Å². The van der Waals surface area contributed by atoms with E-state index in [0.29, 0.717) is 38.4 Å². The van der Waals surface area contributed by atoms with Crippen LogP contribution in [0.25, 0.3) is 0 Å². The van der Waals surface area contributed by atoms with Crippen molar-refractivity contribution < 1.29 is 18.4 Å². The summed E-state index contributed by atoms with van der Waals surface area (Å²) in [6.07, 6.45) is 0. The molecule has 8 heteroatoms. The van der Waals surface area contributed by atoms with Crippen molar-refractivity contribution in [3.63, 3.8) is 0 Å². The van der Waals surface area contributed by atoms with Crippen molar-refractivity contribution in [1.29, 1.82) is 0 Å². The van der Waals surface area contributed by atoms with E-state index < -0.39 is 22.2 Å². The second-order valence-corrected chi connectivity index (χ2v) is 3.75. The molecule has 0 radical (unpaired) electrons. The SMILES string of the molecule is O=[N+]([O-])c1cc(F)c(NN2CCOCC2)c(F)c1. The highest BCUT2D eigenvalue weighted by atomic mass is 19.1. The first-order valence-corrected chi connectivity index (χ1v) is 5.30. The molecule has 98 valence electrons. The highest BCUT2D eigenvalue weighted by Crippen LogP contribution is 2.25. The van der Waals surface area contributed by atoms with Gasteiger partial charge in [0.1, 0.15) is 5.69 Å². The Morgan fingerprint density at radius 2 is 1.83 bits per heavy atom. The van der Waals surface area contributed by atoms with Crippen LogP contribution < -0.4 is 5.43 Å². The minimum atomic E-state index is -0.992. The molecule has 1 aliphatic rings. The fourth-order valence-electron chi connectivity index (χ4n) is 1.61. The number of hydrogen-bond donors (Lipinski definition) is 1. The van der Waals surface area contributed by atoms with Gasteiger partial charge in [-0.15, -0.1) is 0 Å². The number of rotatable bonds is 3. The number of ether oxygens (including phenoxy) is 1. The van der Waals surface area contributed by atoms with Gasteiger partial charge in [0, 0.05) is 13.1 Å². The van der Waals surface area contributed by atoms with Gasteiger partial charge < -0.3 is 10.2 Å². The third-order valence-electron chi connectivity index (χ3n) is 2.52. The molecule has 1 aliphatic heterocycles. The van der Waals surface area contributed by atoms with E-state index in [9.17, 15) is 18.9 Å². The molecule has 0 amide bonds. The maximum absolute atomic E-state index is 13.6. The number of non-ortho nitro benzene ring substituents is 1. The molecule has 2 rings (SSSR count). The quantitative estimate of drug-likeness (QED) is 0.658. The zero-order chi connectivity index (χ0) is 13.1. The average molecular weight is 259 g/mol. The first kappa shape index (κ1) is 12.7. The summed E-state index contributed by atoms with van der Waals surface area (Å²) in [7, 11) is 0. The van der Waals surface area contributed by atoms with E-state index >= 15 is 0 Å². The Morgan fingerprint density at radius 1 is 1.28 bits per heavy atom. The highest BCUT2D eigenvalue weighted by molar-refractivity contribution is 5.51. The summed E-state index contributed by atoms with van der Waals surface area (Å²) < 4.78 is 32.2. The Bertz CT molecular complexity index is 441. The molecule has 0 spiro atoms. The molecule has 6 nitrogen and oxygen atoms in total. The Hall–Kier alpha value is -1.80. The molecule has 1 aromatic rings. The van der Waals surface area contributed by atoms with Crippen LogP contribution in [0.5, 0.6) is 0 Å². The second kappa shape index (κ2) is 5.23. The number of morpholine rings is 1. The van der Waals surface area contributed by atoms with Gasteiger partial charge in [-0.1, -0.05) is 0 Å². The number of halogens is 2. The molecular weight excluding hydrogens is 248 g/mol. The molecule has 1 aromatic carbocycles. The Labute approximate surface area is 101 Å².